The Labute approximate surface area is 115 Å². The molecule has 1 aliphatic rings. The van der Waals surface area contributed by atoms with Gasteiger partial charge in [0.1, 0.15) is 6.26 Å². The van der Waals surface area contributed by atoms with E-state index in [1.165, 1.54) is 6.26 Å². The van der Waals surface area contributed by atoms with Crippen molar-refractivity contribution in [2.24, 2.45) is 0 Å². The molecule has 2 N–H and O–H groups in total. The van der Waals surface area contributed by atoms with Crippen LogP contribution in [0.2, 0.25) is 0 Å². The highest BCUT2D eigenvalue weighted by Crippen LogP contribution is 2.22. The fraction of sp³-hybridized carbons (Fsp3) is 0.385. The van der Waals surface area contributed by atoms with Gasteiger partial charge in [0.2, 0.25) is 5.89 Å². The maximum atomic E-state index is 11.9. The first-order valence-corrected chi connectivity index (χ1v) is 7.20. The molecule has 0 bridgehead atoms. The third-order valence-corrected chi connectivity index (χ3v) is 3.99. The summed E-state index contributed by atoms with van der Waals surface area (Å²) in [5, 5.41) is 8.11. The second-order valence-electron chi connectivity index (χ2n) is 4.48. The normalized spacial score (nSPS) is 18.6. The minimum absolute atomic E-state index is 0.152. The van der Waals surface area contributed by atoms with Gasteiger partial charge < -0.3 is 15.1 Å². The predicted octanol–water partition coefficient (Wildman–Crippen LogP) is 2.09. The van der Waals surface area contributed by atoms with Gasteiger partial charge in [-0.05, 0) is 30.8 Å². The molecule has 6 heteroatoms. The zero-order chi connectivity index (χ0) is 13.1. The molecule has 19 heavy (non-hydrogen) atoms. The Balaban J connectivity index is 1.60. The van der Waals surface area contributed by atoms with E-state index in [9.17, 15) is 4.79 Å². The number of amides is 1. The quantitative estimate of drug-likeness (QED) is 0.898. The largest absolute Gasteiger partial charge is 0.446 e. The fourth-order valence-electron chi connectivity index (χ4n) is 2.12. The Morgan fingerprint density at radius 2 is 2.58 bits per heavy atom. The van der Waals surface area contributed by atoms with Crippen molar-refractivity contribution in [3.8, 4) is 0 Å². The van der Waals surface area contributed by atoms with Crippen LogP contribution >= 0.6 is 11.3 Å². The van der Waals surface area contributed by atoms with Gasteiger partial charge in [0, 0.05) is 4.88 Å². The lowest BCUT2D eigenvalue weighted by atomic mass is 10.2. The summed E-state index contributed by atoms with van der Waals surface area (Å²) in [4.78, 5) is 17.3. The number of oxazole rings is 1. The van der Waals surface area contributed by atoms with Crippen LogP contribution in [0.1, 0.15) is 40.1 Å². The molecule has 3 rings (SSSR count). The summed E-state index contributed by atoms with van der Waals surface area (Å²) in [5.41, 5.74) is 0.347. The fourth-order valence-corrected chi connectivity index (χ4v) is 2.76. The van der Waals surface area contributed by atoms with Crippen LogP contribution in [0.5, 0.6) is 0 Å². The van der Waals surface area contributed by atoms with Crippen LogP contribution in [-0.2, 0) is 6.54 Å². The molecule has 1 amide bonds. The highest BCUT2D eigenvalue weighted by Gasteiger charge is 2.22. The number of rotatable bonds is 4. The topological polar surface area (TPSA) is 67.2 Å². The highest BCUT2D eigenvalue weighted by molar-refractivity contribution is 7.09. The molecule has 1 aliphatic heterocycles. The minimum Gasteiger partial charge on any atom is -0.446 e. The minimum atomic E-state index is -0.193. The van der Waals surface area contributed by atoms with Crippen LogP contribution in [0.4, 0.5) is 0 Å². The van der Waals surface area contributed by atoms with E-state index in [2.05, 4.69) is 15.6 Å². The van der Waals surface area contributed by atoms with Crippen molar-refractivity contribution in [3.63, 3.8) is 0 Å². The van der Waals surface area contributed by atoms with E-state index < -0.39 is 0 Å². The van der Waals surface area contributed by atoms with Crippen LogP contribution in [0.25, 0.3) is 0 Å². The zero-order valence-corrected chi connectivity index (χ0v) is 11.2. The zero-order valence-electron chi connectivity index (χ0n) is 10.4. The average molecular weight is 277 g/mol. The molecular formula is C13H15N3O2S. The lowest BCUT2D eigenvalue weighted by Gasteiger charge is -2.03. The lowest BCUT2D eigenvalue weighted by molar-refractivity contribution is 0.0946. The Bertz CT molecular complexity index is 544. The van der Waals surface area contributed by atoms with Gasteiger partial charge in [-0.3, -0.25) is 4.79 Å². The molecule has 0 spiro atoms. The van der Waals surface area contributed by atoms with Crippen LogP contribution in [0.3, 0.4) is 0 Å². The molecule has 1 atom stereocenters. The van der Waals surface area contributed by atoms with Crippen LogP contribution in [0.15, 0.2) is 28.2 Å². The molecule has 5 nitrogen and oxygen atoms in total. The van der Waals surface area contributed by atoms with Gasteiger partial charge >= 0.3 is 0 Å². The first-order valence-electron chi connectivity index (χ1n) is 6.32. The monoisotopic (exact) mass is 277 g/mol. The van der Waals surface area contributed by atoms with Gasteiger partial charge in [-0.1, -0.05) is 6.07 Å². The van der Waals surface area contributed by atoms with E-state index in [1.807, 2.05) is 17.5 Å². The van der Waals surface area contributed by atoms with Gasteiger partial charge in [-0.25, -0.2) is 4.98 Å². The average Bonchev–Trinajstić information content (AvgIpc) is 3.14. The number of aromatic nitrogens is 1. The molecule has 1 saturated heterocycles. The first-order chi connectivity index (χ1) is 9.33. The van der Waals surface area contributed by atoms with E-state index in [-0.39, 0.29) is 11.9 Å². The summed E-state index contributed by atoms with van der Waals surface area (Å²) in [6, 6.07) is 4.10. The molecule has 0 saturated carbocycles. The molecule has 2 aromatic heterocycles. The summed E-state index contributed by atoms with van der Waals surface area (Å²) in [6.45, 7) is 1.51. The Morgan fingerprint density at radius 3 is 3.32 bits per heavy atom. The molecule has 1 unspecified atom stereocenters. The van der Waals surface area contributed by atoms with Gasteiger partial charge in [-0.15, -0.1) is 11.3 Å². The van der Waals surface area contributed by atoms with Crippen molar-refractivity contribution in [1.29, 1.82) is 0 Å². The first kappa shape index (κ1) is 12.4. The van der Waals surface area contributed by atoms with Crippen molar-refractivity contribution >= 4 is 17.2 Å². The van der Waals surface area contributed by atoms with E-state index >= 15 is 0 Å². The maximum Gasteiger partial charge on any atom is 0.273 e. The summed E-state index contributed by atoms with van der Waals surface area (Å²) in [5.74, 6) is 0.417. The molecule has 1 fully saturated rings. The van der Waals surface area contributed by atoms with Gasteiger partial charge in [0.25, 0.3) is 5.91 Å². The molecular weight excluding hydrogens is 262 g/mol. The molecule has 0 aliphatic carbocycles. The third-order valence-electron chi connectivity index (χ3n) is 3.12. The van der Waals surface area contributed by atoms with E-state index in [0.29, 0.717) is 18.1 Å². The Morgan fingerprint density at radius 1 is 1.63 bits per heavy atom. The summed E-state index contributed by atoms with van der Waals surface area (Å²) < 4.78 is 5.37. The summed E-state index contributed by atoms with van der Waals surface area (Å²) in [7, 11) is 0. The number of nitrogens with one attached hydrogen (secondary N) is 2. The van der Waals surface area contributed by atoms with Crippen molar-refractivity contribution in [1.82, 2.24) is 15.6 Å². The molecule has 100 valence electrons. The Kier molecular flexibility index (Phi) is 3.61. The second kappa shape index (κ2) is 5.54. The number of thiophene rings is 1. The summed E-state index contributed by atoms with van der Waals surface area (Å²) in [6.07, 6.45) is 3.56. The standard InChI is InChI=1S/C13H15N3O2S/c17-12(15-7-9-3-2-6-19-9)11-8-18-13(16-11)10-4-1-5-14-10/h2-3,6,8,10,14H,1,4-5,7H2,(H,15,17). The third kappa shape index (κ3) is 2.85. The number of carbonyl (C=O) groups is 1. The number of nitrogens with zero attached hydrogens (tertiary/aromatic N) is 1. The van der Waals surface area contributed by atoms with Crippen molar-refractivity contribution < 1.29 is 9.21 Å². The number of hydrogen-bond acceptors (Lipinski definition) is 5. The van der Waals surface area contributed by atoms with Gasteiger partial charge in [-0.2, -0.15) is 0 Å². The highest BCUT2D eigenvalue weighted by atomic mass is 32.1. The van der Waals surface area contributed by atoms with Gasteiger partial charge in [0.15, 0.2) is 5.69 Å². The van der Waals surface area contributed by atoms with E-state index in [1.54, 1.807) is 11.3 Å². The molecule has 0 radical (unpaired) electrons. The molecule has 2 aromatic rings. The van der Waals surface area contributed by atoms with Crippen LogP contribution in [-0.4, -0.2) is 17.4 Å². The van der Waals surface area contributed by atoms with Gasteiger partial charge in [0.05, 0.1) is 12.6 Å². The smallest absolute Gasteiger partial charge is 0.273 e. The van der Waals surface area contributed by atoms with Crippen LogP contribution < -0.4 is 10.6 Å². The molecule has 0 aromatic carbocycles. The van der Waals surface area contributed by atoms with E-state index in [0.717, 1.165) is 24.3 Å². The molecule has 3 heterocycles. The lowest BCUT2D eigenvalue weighted by Crippen LogP contribution is -2.23. The summed E-state index contributed by atoms with van der Waals surface area (Å²) >= 11 is 1.62. The van der Waals surface area contributed by atoms with E-state index in [4.69, 9.17) is 4.42 Å². The van der Waals surface area contributed by atoms with Crippen molar-refractivity contribution in [2.75, 3.05) is 6.54 Å². The van der Waals surface area contributed by atoms with Crippen molar-refractivity contribution in [2.45, 2.75) is 25.4 Å². The predicted molar refractivity (Wildman–Crippen MR) is 72.0 cm³/mol. The number of carbonyl (C=O) groups excluding carboxylic acids is 1. The Hall–Kier alpha value is -1.66. The second-order valence-corrected chi connectivity index (χ2v) is 5.51. The SMILES string of the molecule is O=C(NCc1cccs1)c1coc(C2CCCN2)n1. The van der Waals surface area contributed by atoms with Crippen molar-refractivity contribution in [3.05, 3.63) is 40.2 Å². The van der Waals surface area contributed by atoms with Crippen LogP contribution in [0, 0.1) is 0 Å². The maximum absolute atomic E-state index is 11.9. The number of hydrogen-bond donors (Lipinski definition) is 2.